The first kappa shape index (κ1) is 23.4. The van der Waals surface area contributed by atoms with Gasteiger partial charge in [0.25, 0.3) is 0 Å². The minimum atomic E-state index is -1.51. The summed E-state index contributed by atoms with van der Waals surface area (Å²) in [4.78, 5) is 46.0. The van der Waals surface area contributed by atoms with Crippen LogP contribution < -0.4 is 15.5 Å². The number of fused-ring (bicyclic) bond motifs is 5. The number of H-pyrrole nitrogens is 1. The van der Waals surface area contributed by atoms with E-state index in [-0.39, 0.29) is 10.7 Å². The molecule has 3 amide bonds. The van der Waals surface area contributed by atoms with E-state index < -0.39 is 47.0 Å². The van der Waals surface area contributed by atoms with E-state index in [1.54, 1.807) is 18.2 Å². The van der Waals surface area contributed by atoms with Crippen LogP contribution in [0.4, 0.5) is 15.8 Å². The Labute approximate surface area is 225 Å². The maximum atomic E-state index is 14.1. The van der Waals surface area contributed by atoms with Crippen LogP contribution >= 0.6 is 23.2 Å². The summed E-state index contributed by atoms with van der Waals surface area (Å²) >= 11 is 12.3. The van der Waals surface area contributed by atoms with Crippen molar-refractivity contribution in [2.24, 2.45) is 11.8 Å². The lowest BCUT2D eigenvalue weighted by Crippen LogP contribution is -2.53. The number of aromatic amines is 1. The third kappa shape index (κ3) is 3.08. The Morgan fingerprint density at radius 1 is 0.974 bits per heavy atom. The van der Waals surface area contributed by atoms with Crippen LogP contribution in [0, 0.1) is 17.7 Å². The molecule has 4 heterocycles. The predicted octanol–water partition coefficient (Wildman–Crippen LogP) is 4.78. The summed E-state index contributed by atoms with van der Waals surface area (Å²) in [5.74, 6) is -4.03. The van der Waals surface area contributed by atoms with Gasteiger partial charge in [0.2, 0.25) is 17.7 Å². The summed E-state index contributed by atoms with van der Waals surface area (Å²) in [6, 6.07) is 15.9. The third-order valence-corrected chi connectivity index (χ3v) is 8.48. The average Bonchev–Trinajstić information content (AvgIpc) is 3.60. The van der Waals surface area contributed by atoms with Crippen LogP contribution in [0.5, 0.6) is 0 Å². The van der Waals surface area contributed by atoms with Crippen LogP contribution in [0.1, 0.15) is 11.1 Å². The molecule has 7 nitrogen and oxygen atoms in total. The molecule has 3 aliphatic heterocycles. The van der Waals surface area contributed by atoms with E-state index in [9.17, 15) is 18.8 Å². The van der Waals surface area contributed by atoms with Crippen molar-refractivity contribution >= 4 is 63.2 Å². The lowest BCUT2D eigenvalue weighted by Gasteiger charge is -2.29. The predicted molar refractivity (Wildman–Crippen MR) is 142 cm³/mol. The van der Waals surface area contributed by atoms with Crippen molar-refractivity contribution < 1.29 is 18.8 Å². The zero-order chi connectivity index (χ0) is 26.3. The molecule has 4 atom stereocenters. The normalized spacial score (nSPS) is 25.9. The number of aromatic nitrogens is 1. The number of nitrogens with one attached hydrogen (secondary N) is 3. The zero-order valence-electron chi connectivity index (χ0n) is 19.6. The molecule has 2 saturated heterocycles. The van der Waals surface area contributed by atoms with Gasteiger partial charge in [-0.05, 0) is 54.4 Å². The van der Waals surface area contributed by atoms with E-state index in [1.807, 2.05) is 30.5 Å². The molecule has 190 valence electrons. The van der Waals surface area contributed by atoms with Gasteiger partial charge >= 0.3 is 0 Å². The van der Waals surface area contributed by atoms with Crippen molar-refractivity contribution in [1.82, 2.24) is 10.3 Å². The SMILES string of the molecule is O=C1[C@@H]2C(Cc3c[nH]c4ccccc34)NC3(C(=O)Nc4ccc(Cl)cc43)[C@@H]2C(=O)N1c1ccc(F)c(Cl)c1. The fourth-order valence-corrected chi connectivity index (χ4v) is 6.71. The van der Waals surface area contributed by atoms with Gasteiger partial charge in [-0.3, -0.25) is 19.7 Å². The molecule has 4 aromatic rings. The monoisotopic (exact) mass is 548 g/mol. The molecule has 3 N–H and O–H groups in total. The summed E-state index contributed by atoms with van der Waals surface area (Å²) in [6.07, 6.45) is 2.26. The Balaban J connectivity index is 1.39. The fourth-order valence-electron chi connectivity index (χ4n) is 6.36. The van der Waals surface area contributed by atoms with Gasteiger partial charge in [-0.15, -0.1) is 0 Å². The van der Waals surface area contributed by atoms with Crippen molar-refractivity contribution in [3.8, 4) is 0 Å². The van der Waals surface area contributed by atoms with Gasteiger partial charge in [-0.2, -0.15) is 0 Å². The summed E-state index contributed by atoms with van der Waals surface area (Å²) in [5.41, 5.74) is 1.59. The Morgan fingerprint density at radius 3 is 2.61 bits per heavy atom. The van der Waals surface area contributed by atoms with Gasteiger partial charge in [-0.25, -0.2) is 9.29 Å². The molecule has 1 spiro atoms. The quantitative estimate of drug-likeness (QED) is 0.321. The van der Waals surface area contributed by atoms with E-state index in [0.717, 1.165) is 27.4 Å². The molecule has 2 unspecified atom stereocenters. The minimum absolute atomic E-state index is 0.159. The molecule has 0 radical (unpaired) electrons. The highest BCUT2D eigenvalue weighted by molar-refractivity contribution is 6.32. The number of rotatable bonds is 3. The zero-order valence-corrected chi connectivity index (χ0v) is 21.1. The van der Waals surface area contributed by atoms with Gasteiger partial charge in [0.1, 0.15) is 11.4 Å². The average molecular weight is 549 g/mol. The van der Waals surface area contributed by atoms with Crippen molar-refractivity contribution in [2.45, 2.75) is 18.0 Å². The van der Waals surface area contributed by atoms with Crippen LogP contribution in [0.2, 0.25) is 10.0 Å². The molecule has 3 aromatic carbocycles. The van der Waals surface area contributed by atoms with E-state index >= 15 is 0 Å². The maximum Gasteiger partial charge on any atom is 0.250 e. The van der Waals surface area contributed by atoms with E-state index in [2.05, 4.69) is 15.6 Å². The largest absolute Gasteiger partial charge is 0.361 e. The number of carbonyl (C=O) groups excluding carboxylic acids is 3. The number of imide groups is 1. The molecule has 0 saturated carbocycles. The second-order valence-electron chi connectivity index (χ2n) is 9.88. The molecule has 10 heteroatoms. The van der Waals surface area contributed by atoms with E-state index in [1.165, 1.54) is 12.1 Å². The molecule has 3 aliphatic rings. The van der Waals surface area contributed by atoms with Crippen LogP contribution in [-0.4, -0.2) is 28.7 Å². The van der Waals surface area contributed by atoms with Crippen LogP contribution in [0.25, 0.3) is 10.9 Å². The number of hydrogen-bond donors (Lipinski definition) is 3. The van der Waals surface area contributed by atoms with Gasteiger partial charge in [0.05, 0.1) is 22.5 Å². The highest BCUT2D eigenvalue weighted by atomic mass is 35.5. The van der Waals surface area contributed by atoms with E-state index in [4.69, 9.17) is 23.2 Å². The highest BCUT2D eigenvalue weighted by Gasteiger charge is 2.70. The molecule has 38 heavy (non-hydrogen) atoms. The summed E-state index contributed by atoms with van der Waals surface area (Å²) in [5, 5.41) is 7.47. The third-order valence-electron chi connectivity index (χ3n) is 7.95. The Morgan fingerprint density at radius 2 is 1.79 bits per heavy atom. The Kier molecular flexibility index (Phi) is 5.01. The van der Waals surface area contributed by atoms with Crippen LogP contribution in [-0.2, 0) is 26.3 Å². The first-order valence-electron chi connectivity index (χ1n) is 12.1. The summed E-state index contributed by atoms with van der Waals surface area (Å²) < 4.78 is 13.9. The molecule has 7 rings (SSSR count). The van der Waals surface area contributed by atoms with Crippen LogP contribution in [0.3, 0.4) is 0 Å². The van der Waals surface area contributed by atoms with Gasteiger partial charge in [-0.1, -0.05) is 41.4 Å². The van der Waals surface area contributed by atoms with Gasteiger partial charge in [0.15, 0.2) is 0 Å². The standard InChI is InChI=1S/C28H19Cl2FN4O3/c29-14-5-8-21-17(10-14)28(27(38)33-21)24-23(22(34-28)9-13-12-32-20-4-2-1-3-16(13)20)25(36)35(26(24)37)15-6-7-19(31)18(30)11-15/h1-8,10-12,22-24,32,34H,9H2,(H,33,38)/t22?,23-,24+,28?/m1/s1. The second-order valence-corrected chi connectivity index (χ2v) is 10.7. The second kappa shape index (κ2) is 8.14. The van der Waals surface area contributed by atoms with E-state index in [0.29, 0.717) is 22.7 Å². The first-order chi connectivity index (χ1) is 18.3. The van der Waals surface area contributed by atoms with Gasteiger partial charge in [0, 0.05) is 39.4 Å². The lowest BCUT2D eigenvalue weighted by atomic mass is 9.76. The van der Waals surface area contributed by atoms with Crippen molar-refractivity contribution in [2.75, 3.05) is 10.2 Å². The highest BCUT2D eigenvalue weighted by Crippen LogP contribution is 2.54. The molecule has 1 aromatic heterocycles. The van der Waals surface area contributed by atoms with Gasteiger partial charge < -0.3 is 10.3 Å². The molecular formula is C28H19Cl2FN4O3. The summed E-state index contributed by atoms with van der Waals surface area (Å²) in [6.45, 7) is 0. The van der Waals surface area contributed by atoms with Crippen molar-refractivity contribution in [3.05, 3.63) is 93.8 Å². The Hall–Kier alpha value is -3.72. The number of halogens is 3. The summed E-state index contributed by atoms with van der Waals surface area (Å²) in [7, 11) is 0. The molecule has 0 bridgehead atoms. The fraction of sp³-hybridized carbons (Fsp3) is 0.179. The molecule has 2 fully saturated rings. The first-order valence-corrected chi connectivity index (χ1v) is 12.8. The number of nitrogens with zero attached hydrogens (tertiary/aromatic N) is 1. The number of amides is 3. The topological polar surface area (TPSA) is 94.3 Å². The maximum absolute atomic E-state index is 14.1. The number of anilines is 2. The smallest absolute Gasteiger partial charge is 0.250 e. The van der Waals surface area contributed by atoms with Crippen molar-refractivity contribution in [1.29, 1.82) is 0 Å². The number of benzene rings is 3. The lowest BCUT2D eigenvalue weighted by molar-refractivity contribution is -0.130. The minimum Gasteiger partial charge on any atom is -0.361 e. The number of hydrogen-bond acceptors (Lipinski definition) is 4. The van der Waals surface area contributed by atoms with Crippen LogP contribution in [0.15, 0.2) is 66.9 Å². The van der Waals surface area contributed by atoms with Crippen molar-refractivity contribution in [3.63, 3.8) is 0 Å². The number of carbonyl (C=O) groups is 3. The molecule has 0 aliphatic carbocycles. The molecular weight excluding hydrogens is 530 g/mol. The number of para-hydroxylation sites is 1. The Bertz CT molecular complexity index is 1700.